The van der Waals surface area contributed by atoms with E-state index < -0.39 is 11.7 Å². The lowest BCUT2D eigenvalue weighted by molar-refractivity contribution is 0.0603. The van der Waals surface area contributed by atoms with Crippen LogP contribution in [0.1, 0.15) is 46.5 Å². The summed E-state index contributed by atoms with van der Waals surface area (Å²) in [6.07, 6.45) is 8.51. The fraction of sp³-hybridized carbons (Fsp3) is 0.692. The molecule has 1 amide bonds. The quantitative estimate of drug-likeness (QED) is 0.589. The zero-order valence-electron chi connectivity index (χ0n) is 10.2. The number of carbonyl (C=O) groups excluding carboxylic acids is 1. The van der Waals surface area contributed by atoms with Crippen molar-refractivity contribution in [1.29, 1.82) is 0 Å². The van der Waals surface area contributed by atoms with Crippen molar-refractivity contribution in [2.24, 2.45) is 10.9 Å². The van der Waals surface area contributed by atoms with Crippen molar-refractivity contribution >= 4 is 11.8 Å². The minimum atomic E-state index is -0.500. The Kier molecular flexibility index (Phi) is 4.12. The molecule has 0 aromatic rings. The summed E-state index contributed by atoms with van der Waals surface area (Å²) in [5.74, 6) is 2.95. The van der Waals surface area contributed by atoms with Gasteiger partial charge in [0.05, 0.1) is 0 Å². The Morgan fingerprint density at radius 2 is 2.25 bits per heavy atom. The van der Waals surface area contributed by atoms with E-state index >= 15 is 0 Å². The minimum Gasteiger partial charge on any atom is -0.442 e. The Bertz CT molecular complexity index is 331. The molecular formula is C13H19NO2. The maximum absolute atomic E-state index is 11.5. The Balaban J connectivity index is 2.56. The van der Waals surface area contributed by atoms with Gasteiger partial charge in [-0.1, -0.05) is 0 Å². The summed E-state index contributed by atoms with van der Waals surface area (Å²) in [7, 11) is 0. The number of terminal acetylenes is 1. The van der Waals surface area contributed by atoms with Gasteiger partial charge in [0.15, 0.2) is 0 Å². The lowest BCUT2D eigenvalue weighted by Gasteiger charge is -2.20. The molecule has 0 radical (unpaired) electrons. The van der Waals surface area contributed by atoms with Crippen LogP contribution in [0.3, 0.4) is 0 Å². The van der Waals surface area contributed by atoms with Gasteiger partial charge in [0.25, 0.3) is 0 Å². The summed E-state index contributed by atoms with van der Waals surface area (Å²) >= 11 is 0. The Morgan fingerprint density at radius 3 is 2.81 bits per heavy atom. The second kappa shape index (κ2) is 5.16. The molecule has 88 valence electrons. The molecule has 0 aromatic carbocycles. The number of hydrogen-bond acceptors (Lipinski definition) is 2. The number of rotatable bonds is 0. The topological polar surface area (TPSA) is 38.7 Å². The molecule has 0 N–H and O–H groups in total. The number of nitrogens with zero attached hydrogens (tertiary/aromatic N) is 1. The van der Waals surface area contributed by atoms with E-state index in [-0.39, 0.29) is 5.92 Å². The highest BCUT2D eigenvalue weighted by Gasteiger charge is 2.19. The van der Waals surface area contributed by atoms with E-state index in [1.807, 2.05) is 20.8 Å². The Labute approximate surface area is 97.3 Å². The maximum atomic E-state index is 11.5. The molecule has 0 aliphatic heterocycles. The van der Waals surface area contributed by atoms with Gasteiger partial charge in [-0.2, -0.15) is 4.99 Å². The summed E-state index contributed by atoms with van der Waals surface area (Å²) in [6.45, 7) is 5.49. The van der Waals surface area contributed by atoms with Crippen LogP contribution in [0, 0.1) is 18.3 Å². The van der Waals surface area contributed by atoms with Crippen molar-refractivity contribution in [3.05, 3.63) is 0 Å². The van der Waals surface area contributed by atoms with Crippen LogP contribution in [0.5, 0.6) is 0 Å². The predicted molar refractivity (Wildman–Crippen MR) is 64.5 cm³/mol. The highest BCUT2D eigenvalue weighted by Crippen LogP contribution is 2.21. The van der Waals surface area contributed by atoms with Crippen molar-refractivity contribution < 1.29 is 9.53 Å². The normalized spacial score (nSPS) is 23.9. The van der Waals surface area contributed by atoms with Crippen molar-refractivity contribution in [2.75, 3.05) is 0 Å². The van der Waals surface area contributed by atoms with E-state index in [1.54, 1.807) is 0 Å². The maximum Gasteiger partial charge on any atom is 0.434 e. The smallest absolute Gasteiger partial charge is 0.434 e. The average Bonchev–Trinajstić information content (AvgIpc) is 2.15. The first-order valence-corrected chi connectivity index (χ1v) is 5.66. The number of amides is 1. The number of hydrogen-bond donors (Lipinski definition) is 0. The molecule has 1 fully saturated rings. The molecule has 1 aliphatic carbocycles. The molecule has 0 bridgehead atoms. The van der Waals surface area contributed by atoms with Gasteiger partial charge in [-0.15, -0.1) is 12.3 Å². The van der Waals surface area contributed by atoms with E-state index in [2.05, 4.69) is 10.9 Å². The molecule has 16 heavy (non-hydrogen) atoms. The number of ether oxygens (including phenoxy) is 1. The predicted octanol–water partition coefficient (Wildman–Crippen LogP) is 3.19. The van der Waals surface area contributed by atoms with Gasteiger partial charge < -0.3 is 4.74 Å². The van der Waals surface area contributed by atoms with Crippen molar-refractivity contribution in [3.8, 4) is 12.3 Å². The fourth-order valence-corrected chi connectivity index (χ4v) is 1.70. The Hall–Kier alpha value is -1.30. The summed E-state index contributed by atoms with van der Waals surface area (Å²) in [4.78, 5) is 15.4. The van der Waals surface area contributed by atoms with Gasteiger partial charge in [0, 0.05) is 11.6 Å². The largest absolute Gasteiger partial charge is 0.442 e. The highest BCUT2D eigenvalue weighted by atomic mass is 16.6. The van der Waals surface area contributed by atoms with Gasteiger partial charge in [-0.05, 0) is 46.5 Å². The van der Waals surface area contributed by atoms with E-state index in [0.717, 1.165) is 31.4 Å². The monoisotopic (exact) mass is 221 g/mol. The van der Waals surface area contributed by atoms with Gasteiger partial charge in [0.2, 0.25) is 0 Å². The lowest BCUT2D eigenvalue weighted by Crippen LogP contribution is -2.23. The summed E-state index contributed by atoms with van der Waals surface area (Å²) in [6, 6.07) is 0. The van der Waals surface area contributed by atoms with Crippen LogP contribution in [0.25, 0.3) is 0 Å². The van der Waals surface area contributed by atoms with Gasteiger partial charge in [-0.3, -0.25) is 0 Å². The number of aliphatic imine (C=N–C) groups is 1. The molecule has 1 aliphatic rings. The molecule has 3 nitrogen and oxygen atoms in total. The van der Waals surface area contributed by atoms with Crippen LogP contribution in [0.2, 0.25) is 0 Å². The third-order valence-corrected chi connectivity index (χ3v) is 2.38. The molecule has 0 aromatic heterocycles. The molecule has 0 saturated heterocycles. The Morgan fingerprint density at radius 1 is 1.56 bits per heavy atom. The second-order valence-electron chi connectivity index (χ2n) is 5.12. The van der Waals surface area contributed by atoms with Crippen molar-refractivity contribution in [2.45, 2.75) is 52.1 Å². The zero-order valence-corrected chi connectivity index (χ0v) is 10.2. The molecule has 1 rings (SSSR count). The van der Waals surface area contributed by atoms with Gasteiger partial charge in [-0.25, -0.2) is 4.79 Å². The van der Waals surface area contributed by atoms with E-state index in [9.17, 15) is 4.79 Å². The minimum absolute atomic E-state index is 0.231. The standard InChI is InChI=1S/C13H19NO2/c1-5-10-7-6-8-11(9-10)14-12(15)16-13(2,3)4/h1,10H,6-9H2,2-4H3/b14-11+. The van der Waals surface area contributed by atoms with Crippen LogP contribution in [-0.4, -0.2) is 17.4 Å². The molecule has 1 atom stereocenters. The second-order valence-corrected chi connectivity index (χ2v) is 5.12. The van der Waals surface area contributed by atoms with Crippen LogP contribution in [0.4, 0.5) is 4.79 Å². The molecule has 0 spiro atoms. The highest BCUT2D eigenvalue weighted by molar-refractivity contribution is 5.94. The summed E-state index contributed by atoms with van der Waals surface area (Å²) in [5.41, 5.74) is 0.393. The lowest BCUT2D eigenvalue weighted by atomic mass is 9.88. The van der Waals surface area contributed by atoms with Crippen LogP contribution in [-0.2, 0) is 4.74 Å². The SMILES string of the molecule is C#CC1CCC/C(=N\C(=O)OC(C)(C)C)C1. The summed E-state index contributed by atoms with van der Waals surface area (Å²) < 4.78 is 5.13. The molecule has 0 heterocycles. The molecular weight excluding hydrogens is 202 g/mol. The molecule has 1 unspecified atom stereocenters. The van der Waals surface area contributed by atoms with E-state index in [0.29, 0.717) is 0 Å². The van der Waals surface area contributed by atoms with Crippen LogP contribution >= 0.6 is 0 Å². The van der Waals surface area contributed by atoms with E-state index in [4.69, 9.17) is 11.2 Å². The van der Waals surface area contributed by atoms with Gasteiger partial charge in [0.1, 0.15) is 5.60 Å². The van der Waals surface area contributed by atoms with Crippen LogP contribution in [0.15, 0.2) is 4.99 Å². The van der Waals surface area contributed by atoms with Crippen LogP contribution < -0.4 is 0 Å². The van der Waals surface area contributed by atoms with Gasteiger partial charge >= 0.3 is 6.09 Å². The first-order chi connectivity index (χ1) is 7.40. The first-order valence-electron chi connectivity index (χ1n) is 5.66. The fourth-order valence-electron chi connectivity index (χ4n) is 1.70. The van der Waals surface area contributed by atoms with Crippen molar-refractivity contribution in [3.63, 3.8) is 0 Å². The summed E-state index contributed by atoms with van der Waals surface area (Å²) in [5, 5.41) is 0. The molecule has 1 saturated carbocycles. The number of carbonyl (C=O) groups is 1. The zero-order chi connectivity index (χ0) is 12.2. The third kappa shape index (κ3) is 4.48. The first kappa shape index (κ1) is 12.8. The molecule has 3 heteroatoms. The van der Waals surface area contributed by atoms with Crippen molar-refractivity contribution in [1.82, 2.24) is 0 Å². The van der Waals surface area contributed by atoms with E-state index in [1.165, 1.54) is 0 Å². The average molecular weight is 221 g/mol. The third-order valence-electron chi connectivity index (χ3n) is 2.38.